The summed E-state index contributed by atoms with van der Waals surface area (Å²) in [6.45, 7) is 5.36. The van der Waals surface area contributed by atoms with E-state index in [2.05, 4.69) is 5.32 Å². The number of amides is 1. The van der Waals surface area contributed by atoms with Gasteiger partial charge in [-0.05, 0) is 32.9 Å². The summed E-state index contributed by atoms with van der Waals surface area (Å²) < 4.78 is 29.0. The molecule has 0 aromatic carbocycles. The molecule has 0 saturated carbocycles. The first-order valence-corrected chi connectivity index (χ1v) is 7.28. The van der Waals surface area contributed by atoms with E-state index >= 15 is 0 Å². The van der Waals surface area contributed by atoms with Crippen LogP contribution >= 0.6 is 0 Å². The van der Waals surface area contributed by atoms with Crippen molar-refractivity contribution in [2.75, 3.05) is 6.26 Å². The van der Waals surface area contributed by atoms with E-state index < -0.39 is 21.7 Å². The summed E-state index contributed by atoms with van der Waals surface area (Å²) in [7, 11) is -3.35. The van der Waals surface area contributed by atoms with E-state index in [0.717, 1.165) is 10.2 Å². The molecule has 0 radical (unpaired) electrons. The minimum absolute atomic E-state index is 0.0922. The fourth-order valence-electron chi connectivity index (χ4n) is 1.34. The van der Waals surface area contributed by atoms with Crippen molar-refractivity contribution in [2.45, 2.75) is 32.9 Å². The highest BCUT2D eigenvalue weighted by molar-refractivity contribution is 7.89. The Hall–Kier alpha value is -1.50. The van der Waals surface area contributed by atoms with Crippen molar-refractivity contribution in [3.05, 3.63) is 24.0 Å². The summed E-state index contributed by atoms with van der Waals surface area (Å²) in [5.74, 6) is 0. The Morgan fingerprint density at radius 3 is 2.56 bits per heavy atom. The molecule has 0 saturated heterocycles. The molecule has 0 aliphatic heterocycles. The molecule has 102 valence electrons. The Labute approximate surface area is 107 Å². The van der Waals surface area contributed by atoms with Crippen LogP contribution < -0.4 is 5.32 Å². The lowest BCUT2D eigenvalue weighted by Crippen LogP contribution is -2.32. The van der Waals surface area contributed by atoms with Gasteiger partial charge in [0.15, 0.2) is 0 Å². The molecule has 0 spiro atoms. The molecule has 7 heteroatoms. The number of hydrogen-bond acceptors (Lipinski definition) is 4. The highest BCUT2D eigenvalue weighted by atomic mass is 32.2. The molecule has 1 rings (SSSR count). The van der Waals surface area contributed by atoms with Crippen molar-refractivity contribution in [1.82, 2.24) is 9.29 Å². The molecular formula is C11H18N2O4S. The van der Waals surface area contributed by atoms with E-state index in [1.165, 1.54) is 6.20 Å². The van der Waals surface area contributed by atoms with E-state index in [1.54, 1.807) is 32.9 Å². The fraction of sp³-hybridized carbons (Fsp3) is 0.545. The second-order valence-corrected chi connectivity index (χ2v) is 6.77. The quantitative estimate of drug-likeness (QED) is 0.901. The van der Waals surface area contributed by atoms with Crippen molar-refractivity contribution in [3.8, 4) is 0 Å². The maximum atomic E-state index is 11.4. The van der Waals surface area contributed by atoms with Crippen LogP contribution in [0.1, 0.15) is 26.5 Å². The van der Waals surface area contributed by atoms with Crippen LogP contribution in [-0.2, 0) is 21.3 Å². The average molecular weight is 274 g/mol. The number of carbonyl (C=O) groups excluding carboxylic acids is 1. The standard InChI is InChI=1S/C11H18N2O4S/c1-11(2,3)17-10(14)12-8-9-6-5-7-13(9)18(4,15)16/h5-7H,8H2,1-4H3,(H,12,14). The van der Waals surface area contributed by atoms with Crippen LogP contribution in [-0.4, -0.2) is 30.3 Å². The third-order valence-corrected chi connectivity index (χ3v) is 3.03. The molecule has 0 atom stereocenters. The van der Waals surface area contributed by atoms with Crippen LogP contribution in [0.3, 0.4) is 0 Å². The zero-order valence-corrected chi connectivity index (χ0v) is 11.7. The second kappa shape index (κ2) is 5.01. The molecule has 0 unspecified atom stereocenters. The fourth-order valence-corrected chi connectivity index (χ4v) is 2.18. The molecule has 18 heavy (non-hydrogen) atoms. The van der Waals surface area contributed by atoms with Gasteiger partial charge in [-0.2, -0.15) is 0 Å². The van der Waals surface area contributed by atoms with Gasteiger partial charge in [0.05, 0.1) is 18.5 Å². The number of hydrogen-bond donors (Lipinski definition) is 1. The minimum Gasteiger partial charge on any atom is -0.444 e. The number of alkyl carbamates (subject to hydrolysis) is 1. The van der Waals surface area contributed by atoms with Crippen molar-refractivity contribution < 1.29 is 17.9 Å². The summed E-state index contributed by atoms with van der Waals surface area (Å²) >= 11 is 0. The molecule has 1 N–H and O–H groups in total. The van der Waals surface area contributed by atoms with Crippen LogP contribution in [0.5, 0.6) is 0 Å². The Kier molecular flexibility index (Phi) is 4.05. The van der Waals surface area contributed by atoms with Gasteiger partial charge in [0, 0.05) is 6.20 Å². The van der Waals surface area contributed by atoms with Crippen LogP contribution in [0.25, 0.3) is 0 Å². The smallest absolute Gasteiger partial charge is 0.407 e. The van der Waals surface area contributed by atoms with Crippen molar-refractivity contribution in [1.29, 1.82) is 0 Å². The van der Waals surface area contributed by atoms with E-state index in [0.29, 0.717) is 5.69 Å². The number of nitrogens with zero attached hydrogens (tertiary/aromatic N) is 1. The predicted octanol–water partition coefficient (Wildman–Crippen LogP) is 1.32. The number of aromatic nitrogens is 1. The topological polar surface area (TPSA) is 77.4 Å². The van der Waals surface area contributed by atoms with Gasteiger partial charge >= 0.3 is 6.09 Å². The molecule has 0 aliphatic carbocycles. The maximum absolute atomic E-state index is 11.4. The van der Waals surface area contributed by atoms with Crippen molar-refractivity contribution >= 4 is 16.1 Å². The SMILES string of the molecule is CC(C)(C)OC(=O)NCc1cccn1S(C)(=O)=O. The first kappa shape index (κ1) is 14.6. The molecule has 6 nitrogen and oxygen atoms in total. The molecule has 1 heterocycles. The van der Waals surface area contributed by atoms with Gasteiger partial charge in [0.25, 0.3) is 0 Å². The highest BCUT2D eigenvalue weighted by Crippen LogP contribution is 2.08. The first-order chi connectivity index (χ1) is 8.09. The highest BCUT2D eigenvalue weighted by Gasteiger charge is 2.17. The zero-order valence-electron chi connectivity index (χ0n) is 10.9. The Bertz CT molecular complexity index is 525. The van der Waals surface area contributed by atoms with Gasteiger partial charge in [-0.1, -0.05) is 0 Å². The Morgan fingerprint density at radius 2 is 2.06 bits per heavy atom. The largest absolute Gasteiger partial charge is 0.444 e. The van der Waals surface area contributed by atoms with E-state index in [-0.39, 0.29) is 6.54 Å². The second-order valence-electron chi connectivity index (χ2n) is 4.91. The average Bonchev–Trinajstić information content (AvgIpc) is 2.58. The van der Waals surface area contributed by atoms with Crippen LogP contribution in [0.2, 0.25) is 0 Å². The van der Waals surface area contributed by atoms with Crippen LogP contribution in [0, 0.1) is 0 Å². The zero-order chi connectivity index (χ0) is 14.0. The molecule has 0 fully saturated rings. The first-order valence-electron chi connectivity index (χ1n) is 5.43. The molecule has 0 bridgehead atoms. The molecule has 1 aromatic heterocycles. The van der Waals surface area contributed by atoms with Gasteiger partial charge in [0.2, 0.25) is 10.0 Å². The monoisotopic (exact) mass is 274 g/mol. The maximum Gasteiger partial charge on any atom is 0.407 e. The van der Waals surface area contributed by atoms with E-state index in [4.69, 9.17) is 4.74 Å². The molecular weight excluding hydrogens is 256 g/mol. The van der Waals surface area contributed by atoms with Crippen LogP contribution in [0.15, 0.2) is 18.3 Å². The Morgan fingerprint density at radius 1 is 1.44 bits per heavy atom. The summed E-state index contributed by atoms with van der Waals surface area (Å²) in [6, 6.07) is 3.23. The van der Waals surface area contributed by atoms with Gasteiger partial charge in [-0.15, -0.1) is 0 Å². The Balaban J connectivity index is 2.66. The molecule has 1 amide bonds. The number of carbonyl (C=O) groups is 1. The van der Waals surface area contributed by atoms with Gasteiger partial charge in [-0.25, -0.2) is 17.2 Å². The molecule has 1 aromatic rings. The number of ether oxygens (including phenoxy) is 1. The van der Waals surface area contributed by atoms with Crippen LogP contribution in [0.4, 0.5) is 4.79 Å². The normalized spacial score (nSPS) is 12.2. The lowest BCUT2D eigenvalue weighted by Gasteiger charge is -2.19. The minimum atomic E-state index is -3.35. The summed E-state index contributed by atoms with van der Waals surface area (Å²) in [5.41, 5.74) is -0.105. The van der Waals surface area contributed by atoms with Crippen molar-refractivity contribution in [3.63, 3.8) is 0 Å². The number of nitrogens with one attached hydrogen (secondary N) is 1. The summed E-state index contributed by atoms with van der Waals surface area (Å²) in [5, 5.41) is 2.51. The van der Waals surface area contributed by atoms with E-state index in [1.807, 2.05) is 0 Å². The third-order valence-electron chi connectivity index (χ3n) is 1.96. The number of rotatable bonds is 3. The lowest BCUT2D eigenvalue weighted by atomic mass is 10.2. The lowest BCUT2D eigenvalue weighted by molar-refractivity contribution is 0.0522. The van der Waals surface area contributed by atoms with Crippen molar-refractivity contribution in [2.24, 2.45) is 0 Å². The predicted molar refractivity (Wildman–Crippen MR) is 67.7 cm³/mol. The van der Waals surface area contributed by atoms with Gasteiger partial charge in [0.1, 0.15) is 5.60 Å². The third kappa shape index (κ3) is 4.40. The molecule has 0 aliphatic rings. The summed E-state index contributed by atoms with van der Waals surface area (Å²) in [6.07, 6.45) is 1.95. The van der Waals surface area contributed by atoms with Gasteiger partial charge in [-0.3, -0.25) is 0 Å². The van der Waals surface area contributed by atoms with Gasteiger partial charge < -0.3 is 10.1 Å². The van der Waals surface area contributed by atoms with E-state index in [9.17, 15) is 13.2 Å². The summed E-state index contributed by atoms with van der Waals surface area (Å²) in [4.78, 5) is 11.4.